The lowest BCUT2D eigenvalue weighted by atomic mass is 9.85. The number of carbonyl (C=O) groups is 1. The molecule has 1 saturated carbocycles. The molecule has 2 aliphatic rings. The third kappa shape index (κ3) is 6.28. The van der Waals surface area contributed by atoms with Crippen molar-refractivity contribution in [3.8, 4) is 11.5 Å². The van der Waals surface area contributed by atoms with Gasteiger partial charge in [0, 0.05) is 18.5 Å². The number of carbonyl (C=O) groups excluding carboxylic acids is 1. The maximum absolute atomic E-state index is 12.5. The maximum Gasteiger partial charge on any atom is 0.220 e. The number of hydrogen-bond acceptors (Lipinski definition) is 4. The second-order valence-corrected chi connectivity index (χ2v) is 8.04. The highest BCUT2D eigenvalue weighted by atomic mass is 35.5. The van der Waals surface area contributed by atoms with Crippen molar-refractivity contribution in [2.75, 3.05) is 20.2 Å². The van der Waals surface area contributed by atoms with Crippen LogP contribution in [0, 0.1) is 11.8 Å². The molecule has 0 spiro atoms. The number of hydrogen-bond donors (Lipinski definition) is 2. The molecule has 1 heterocycles. The van der Waals surface area contributed by atoms with Gasteiger partial charge >= 0.3 is 0 Å². The summed E-state index contributed by atoms with van der Waals surface area (Å²) in [7, 11) is 1.67. The van der Waals surface area contributed by atoms with Crippen molar-refractivity contribution in [2.24, 2.45) is 11.8 Å². The van der Waals surface area contributed by atoms with Crippen LogP contribution in [0.3, 0.4) is 0 Å². The van der Waals surface area contributed by atoms with Crippen LogP contribution in [0.15, 0.2) is 18.2 Å². The number of halogens is 1. The van der Waals surface area contributed by atoms with Crippen LogP contribution < -0.4 is 20.1 Å². The summed E-state index contributed by atoms with van der Waals surface area (Å²) in [6.07, 6.45) is 7.90. The smallest absolute Gasteiger partial charge is 0.220 e. The monoisotopic (exact) mass is 410 g/mol. The van der Waals surface area contributed by atoms with Crippen molar-refractivity contribution in [1.29, 1.82) is 0 Å². The Kier molecular flexibility index (Phi) is 9.39. The fourth-order valence-electron chi connectivity index (χ4n) is 4.26. The molecule has 0 bridgehead atoms. The van der Waals surface area contributed by atoms with E-state index >= 15 is 0 Å². The fraction of sp³-hybridized carbons (Fsp3) is 0.682. The third-order valence-electron chi connectivity index (χ3n) is 5.99. The van der Waals surface area contributed by atoms with Gasteiger partial charge in [0.15, 0.2) is 11.5 Å². The molecule has 2 atom stereocenters. The second-order valence-electron chi connectivity index (χ2n) is 8.04. The average Bonchev–Trinajstić information content (AvgIpc) is 3.21. The molecule has 1 aromatic rings. The second kappa shape index (κ2) is 11.5. The molecule has 1 saturated heterocycles. The molecule has 158 valence electrons. The van der Waals surface area contributed by atoms with Gasteiger partial charge in [-0.1, -0.05) is 19.1 Å². The molecule has 1 amide bonds. The van der Waals surface area contributed by atoms with Crippen molar-refractivity contribution in [1.82, 2.24) is 10.6 Å². The van der Waals surface area contributed by atoms with Gasteiger partial charge in [-0.25, -0.2) is 0 Å². The fourth-order valence-corrected chi connectivity index (χ4v) is 4.26. The lowest BCUT2D eigenvalue weighted by molar-refractivity contribution is -0.122. The predicted molar refractivity (Wildman–Crippen MR) is 114 cm³/mol. The van der Waals surface area contributed by atoms with E-state index in [2.05, 4.69) is 17.6 Å². The van der Waals surface area contributed by atoms with Gasteiger partial charge in [-0.3, -0.25) is 4.79 Å². The largest absolute Gasteiger partial charge is 0.493 e. The van der Waals surface area contributed by atoms with Gasteiger partial charge in [-0.15, -0.1) is 12.4 Å². The van der Waals surface area contributed by atoms with E-state index in [1.807, 2.05) is 18.2 Å². The van der Waals surface area contributed by atoms with E-state index in [0.717, 1.165) is 43.0 Å². The number of piperidine rings is 1. The lowest BCUT2D eigenvalue weighted by Crippen LogP contribution is -2.35. The number of amides is 1. The Morgan fingerprint density at radius 3 is 2.71 bits per heavy atom. The quantitative estimate of drug-likeness (QED) is 0.677. The molecular weight excluding hydrogens is 376 g/mol. The summed E-state index contributed by atoms with van der Waals surface area (Å²) >= 11 is 0. The number of benzene rings is 1. The first-order chi connectivity index (χ1) is 13.2. The minimum Gasteiger partial charge on any atom is -0.493 e. The first-order valence-electron chi connectivity index (χ1n) is 10.5. The van der Waals surface area contributed by atoms with Gasteiger partial charge in [0.1, 0.15) is 0 Å². The summed E-state index contributed by atoms with van der Waals surface area (Å²) in [4.78, 5) is 12.5. The predicted octanol–water partition coefficient (Wildman–Crippen LogP) is 4.08. The highest BCUT2D eigenvalue weighted by molar-refractivity contribution is 5.85. The van der Waals surface area contributed by atoms with Crippen LogP contribution in [0.1, 0.15) is 57.4 Å². The summed E-state index contributed by atoms with van der Waals surface area (Å²) < 4.78 is 11.8. The molecule has 1 aliphatic carbocycles. The minimum atomic E-state index is 0. The Hall–Kier alpha value is -1.46. The van der Waals surface area contributed by atoms with Crippen molar-refractivity contribution in [2.45, 2.75) is 64.5 Å². The highest BCUT2D eigenvalue weighted by Crippen LogP contribution is 2.35. The van der Waals surface area contributed by atoms with Crippen LogP contribution in [-0.4, -0.2) is 32.2 Å². The van der Waals surface area contributed by atoms with Gasteiger partial charge in [0.25, 0.3) is 0 Å². The average molecular weight is 411 g/mol. The number of ether oxygens (including phenoxy) is 2. The van der Waals surface area contributed by atoms with Crippen molar-refractivity contribution in [3.63, 3.8) is 0 Å². The van der Waals surface area contributed by atoms with Gasteiger partial charge < -0.3 is 20.1 Å². The molecule has 6 heteroatoms. The number of para-hydroxylation sites is 1. The van der Waals surface area contributed by atoms with E-state index in [1.165, 1.54) is 25.7 Å². The number of nitrogens with one attached hydrogen (secondary N) is 2. The van der Waals surface area contributed by atoms with Crippen LogP contribution in [-0.2, 0) is 11.3 Å². The zero-order valence-electron chi connectivity index (χ0n) is 17.2. The summed E-state index contributed by atoms with van der Waals surface area (Å²) in [5.41, 5.74) is 0.988. The Balaban J connectivity index is 0.00000280. The lowest BCUT2D eigenvalue weighted by Gasteiger charge is -2.28. The normalized spacial score (nSPS) is 20.9. The van der Waals surface area contributed by atoms with Crippen LogP contribution in [0.5, 0.6) is 11.5 Å². The van der Waals surface area contributed by atoms with Crippen LogP contribution >= 0.6 is 12.4 Å². The Morgan fingerprint density at radius 2 is 2.04 bits per heavy atom. The van der Waals surface area contributed by atoms with Gasteiger partial charge in [-0.2, -0.15) is 0 Å². The van der Waals surface area contributed by atoms with E-state index in [-0.39, 0.29) is 24.4 Å². The van der Waals surface area contributed by atoms with E-state index in [1.54, 1.807) is 7.11 Å². The topological polar surface area (TPSA) is 59.6 Å². The number of methoxy groups -OCH3 is 1. The summed E-state index contributed by atoms with van der Waals surface area (Å²) in [6.45, 7) is 4.81. The van der Waals surface area contributed by atoms with Crippen molar-refractivity contribution >= 4 is 18.3 Å². The molecule has 3 rings (SSSR count). The first-order valence-corrected chi connectivity index (χ1v) is 10.5. The molecule has 0 aromatic heterocycles. The minimum absolute atomic E-state index is 0. The summed E-state index contributed by atoms with van der Waals surface area (Å²) in [5, 5.41) is 6.53. The van der Waals surface area contributed by atoms with Gasteiger partial charge in [0.2, 0.25) is 5.91 Å². The Bertz CT molecular complexity index is 614. The Labute approximate surface area is 175 Å². The zero-order chi connectivity index (χ0) is 19.1. The molecule has 2 unspecified atom stereocenters. The molecule has 2 fully saturated rings. The molecule has 1 aliphatic heterocycles. The Morgan fingerprint density at radius 1 is 1.25 bits per heavy atom. The van der Waals surface area contributed by atoms with Crippen LogP contribution in [0.4, 0.5) is 0 Å². The van der Waals surface area contributed by atoms with Gasteiger partial charge in [0.05, 0.1) is 13.2 Å². The standard InChI is InChI=1S/C22H34N2O3.ClH/c1-16(17-8-6-12-23-14-17)13-21(25)24-15-18-7-5-11-20(26-2)22(18)27-19-9-3-4-10-19;/h5,7,11,16-17,19,23H,3-4,6,8-10,12-15H2,1-2H3,(H,24,25);1H. The van der Waals surface area contributed by atoms with Crippen LogP contribution in [0.2, 0.25) is 0 Å². The maximum atomic E-state index is 12.5. The third-order valence-corrected chi connectivity index (χ3v) is 5.99. The molecule has 28 heavy (non-hydrogen) atoms. The van der Waals surface area contributed by atoms with E-state index in [9.17, 15) is 4.79 Å². The van der Waals surface area contributed by atoms with Crippen molar-refractivity contribution in [3.05, 3.63) is 23.8 Å². The first kappa shape index (κ1) is 22.8. The van der Waals surface area contributed by atoms with Crippen molar-refractivity contribution < 1.29 is 14.3 Å². The molecule has 1 aromatic carbocycles. The van der Waals surface area contributed by atoms with E-state index < -0.39 is 0 Å². The molecule has 0 radical (unpaired) electrons. The van der Waals surface area contributed by atoms with E-state index in [4.69, 9.17) is 9.47 Å². The molecule has 2 N–H and O–H groups in total. The zero-order valence-corrected chi connectivity index (χ0v) is 18.0. The highest BCUT2D eigenvalue weighted by Gasteiger charge is 2.23. The van der Waals surface area contributed by atoms with Crippen LogP contribution in [0.25, 0.3) is 0 Å². The molecule has 5 nitrogen and oxygen atoms in total. The molecular formula is C22H35ClN2O3. The van der Waals surface area contributed by atoms with E-state index in [0.29, 0.717) is 24.8 Å². The summed E-state index contributed by atoms with van der Waals surface area (Å²) in [5.74, 6) is 2.65. The van der Waals surface area contributed by atoms with Gasteiger partial charge in [-0.05, 0) is 69.5 Å². The number of rotatable bonds is 8. The SMILES string of the molecule is COc1cccc(CNC(=O)CC(C)C2CCCNC2)c1OC1CCCC1.Cl. The summed E-state index contributed by atoms with van der Waals surface area (Å²) in [6, 6.07) is 5.90.